The minimum Gasteiger partial charge on any atom is -0.373 e. The highest BCUT2D eigenvalue weighted by Crippen LogP contribution is 2.34. The van der Waals surface area contributed by atoms with Gasteiger partial charge < -0.3 is 10.1 Å². The third-order valence-electron chi connectivity index (χ3n) is 5.13. The lowest BCUT2D eigenvalue weighted by molar-refractivity contribution is -0.127. The van der Waals surface area contributed by atoms with E-state index >= 15 is 0 Å². The number of carbonyl (C=O) groups excluding carboxylic acids is 1. The molecule has 0 bridgehead atoms. The van der Waals surface area contributed by atoms with Crippen LogP contribution in [0.5, 0.6) is 0 Å². The largest absolute Gasteiger partial charge is 0.373 e. The van der Waals surface area contributed by atoms with E-state index in [1.807, 2.05) is 12.1 Å². The maximum atomic E-state index is 12.8. The third kappa shape index (κ3) is 3.06. The van der Waals surface area contributed by atoms with Gasteiger partial charge in [-0.3, -0.25) is 9.78 Å². The highest BCUT2D eigenvalue weighted by atomic mass is 16.5. The first-order valence-electron chi connectivity index (χ1n) is 8.70. The van der Waals surface area contributed by atoms with Crippen LogP contribution >= 0.6 is 0 Å². The van der Waals surface area contributed by atoms with Gasteiger partial charge in [-0.1, -0.05) is 30.3 Å². The summed E-state index contributed by atoms with van der Waals surface area (Å²) >= 11 is 0. The van der Waals surface area contributed by atoms with Gasteiger partial charge in [0, 0.05) is 25.0 Å². The maximum absolute atomic E-state index is 12.8. The van der Waals surface area contributed by atoms with E-state index in [0.717, 1.165) is 31.2 Å². The molecule has 1 aromatic carbocycles. The smallest absolute Gasteiger partial charge is 0.226 e. The Bertz CT molecular complexity index is 717. The van der Waals surface area contributed by atoms with Crippen LogP contribution in [0.2, 0.25) is 0 Å². The molecule has 1 aliphatic carbocycles. The van der Waals surface area contributed by atoms with E-state index in [-0.39, 0.29) is 24.0 Å². The number of nitrogens with one attached hydrogen (secondary N) is 1. The molecule has 4 heteroatoms. The van der Waals surface area contributed by atoms with Crippen LogP contribution in [0.15, 0.2) is 48.8 Å². The number of amides is 1. The Morgan fingerprint density at radius 1 is 1.12 bits per heavy atom. The molecule has 1 N–H and O–H groups in total. The standard InChI is InChI=1S/C20H22N2O2/c23-20(18-9-11-24-19(18)16-6-3-10-21-13-16)22-17-8-7-14-4-1-2-5-15(14)12-17/h1-6,10,13,17-19H,7-9,11-12H2,(H,22,23)/t17?,18-,19+/m0/s1. The summed E-state index contributed by atoms with van der Waals surface area (Å²) in [4.78, 5) is 16.9. The van der Waals surface area contributed by atoms with Gasteiger partial charge in [0.1, 0.15) is 0 Å². The van der Waals surface area contributed by atoms with Crippen LogP contribution in [0.25, 0.3) is 0 Å². The van der Waals surface area contributed by atoms with Crippen molar-refractivity contribution in [3.05, 3.63) is 65.5 Å². The second kappa shape index (κ2) is 6.73. The molecular weight excluding hydrogens is 300 g/mol. The molecule has 1 unspecified atom stereocenters. The molecule has 2 heterocycles. The van der Waals surface area contributed by atoms with Crippen LogP contribution in [0, 0.1) is 5.92 Å². The van der Waals surface area contributed by atoms with Crippen LogP contribution in [0.4, 0.5) is 0 Å². The number of fused-ring (bicyclic) bond motifs is 1. The van der Waals surface area contributed by atoms with E-state index in [1.54, 1.807) is 12.4 Å². The number of ether oxygens (including phenoxy) is 1. The normalized spacial score (nSPS) is 25.9. The number of rotatable bonds is 3. The molecule has 0 spiro atoms. The first-order valence-corrected chi connectivity index (χ1v) is 8.70. The Balaban J connectivity index is 1.43. The molecule has 1 fully saturated rings. The van der Waals surface area contributed by atoms with E-state index in [0.29, 0.717) is 6.61 Å². The molecule has 1 amide bonds. The number of carbonyl (C=O) groups is 1. The fraction of sp³-hybridized carbons (Fsp3) is 0.400. The lowest BCUT2D eigenvalue weighted by Gasteiger charge is -2.27. The summed E-state index contributed by atoms with van der Waals surface area (Å²) < 4.78 is 5.82. The number of nitrogens with zero attached hydrogens (tertiary/aromatic N) is 1. The van der Waals surface area contributed by atoms with Gasteiger partial charge in [0.2, 0.25) is 5.91 Å². The van der Waals surface area contributed by atoms with Gasteiger partial charge in [0.15, 0.2) is 0 Å². The lowest BCUT2D eigenvalue weighted by Crippen LogP contribution is -2.42. The Kier molecular flexibility index (Phi) is 4.30. The third-order valence-corrected chi connectivity index (χ3v) is 5.13. The first kappa shape index (κ1) is 15.3. The van der Waals surface area contributed by atoms with Gasteiger partial charge in [0.25, 0.3) is 0 Å². The molecule has 124 valence electrons. The molecule has 4 nitrogen and oxygen atoms in total. The summed E-state index contributed by atoms with van der Waals surface area (Å²) in [6.07, 6.45) is 7.11. The fourth-order valence-corrected chi connectivity index (χ4v) is 3.86. The van der Waals surface area contributed by atoms with E-state index < -0.39 is 0 Å². The van der Waals surface area contributed by atoms with Gasteiger partial charge in [-0.25, -0.2) is 0 Å². The highest BCUT2D eigenvalue weighted by Gasteiger charge is 2.36. The zero-order chi connectivity index (χ0) is 16.4. The molecule has 1 aliphatic heterocycles. The number of benzene rings is 1. The summed E-state index contributed by atoms with van der Waals surface area (Å²) in [5, 5.41) is 3.26. The van der Waals surface area contributed by atoms with Gasteiger partial charge >= 0.3 is 0 Å². The van der Waals surface area contributed by atoms with Crippen LogP contribution in [0.3, 0.4) is 0 Å². The Morgan fingerprint density at radius 2 is 2.00 bits per heavy atom. The minimum atomic E-state index is -0.172. The Hall–Kier alpha value is -2.20. The van der Waals surface area contributed by atoms with Crippen LogP contribution in [-0.4, -0.2) is 23.5 Å². The molecule has 2 aromatic rings. The van der Waals surface area contributed by atoms with E-state index in [2.05, 4.69) is 34.6 Å². The summed E-state index contributed by atoms with van der Waals surface area (Å²) in [5.74, 6) is -0.00268. The fourth-order valence-electron chi connectivity index (χ4n) is 3.86. The van der Waals surface area contributed by atoms with Crippen molar-refractivity contribution in [3.63, 3.8) is 0 Å². The highest BCUT2D eigenvalue weighted by molar-refractivity contribution is 5.80. The lowest BCUT2D eigenvalue weighted by atomic mass is 9.87. The molecule has 0 saturated carbocycles. The van der Waals surface area contributed by atoms with Gasteiger partial charge in [0.05, 0.1) is 12.0 Å². The molecule has 1 aromatic heterocycles. The van der Waals surface area contributed by atoms with Crippen molar-refractivity contribution in [3.8, 4) is 0 Å². The molecule has 3 atom stereocenters. The number of hydrogen-bond acceptors (Lipinski definition) is 3. The molecule has 4 rings (SSSR count). The van der Waals surface area contributed by atoms with Gasteiger partial charge in [-0.15, -0.1) is 0 Å². The predicted molar refractivity (Wildman–Crippen MR) is 91.4 cm³/mol. The molecule has 24 heavy (non-hydrogen) atoms. The number of aromatic nitrogens is 1. The first-order chi connectivity index (χ1) is 11.8. The quantitative estimate of drug-likeness (QED) is 0.945. The predicted octanol–water partition coefficient (Wildman–Crippen LogP) is 2.83. The van der Waals surface area contributed by atoms with Crippen molar-refractivity contribution >= 4 is 5.91 Å². The molecular formula is C20H22N2O2. The van der Waals surface area contributed by atoms with Crippen molar-refractivity contribution in [1.29, 1.82) is 0 Å². The van der Waals surface area contributed by atoms with Gasteiger partial charge in [-0.05, 0) is 48.4 Å². The zero-order valence-electron chi connectivity index (χ0n) is 13.7. The van der Waals surface area contributed by atoms with Crippen LogP contribution in [0.1, 0.15) is 35.6 Å². The summed E-state index contributed by atoms with van der Waals surface area (Å²) in [6.45, 7) is 0.630. The Labute approximate surface area is 142 Å². The monoisotopic (exact) mass is 322 g/mol. The SMILES string of the molecule is O=C(NC1CCc2ccccc2C1)[C@H]1CCO[C@@H]1c1cccnc1. The van der Waals surface area contributed by atoms with E-state index in [9.17, 15) is 4.79 Å². The maximum Gasteiger partial charge on any atom is 0.226 e. The van der Waals surface area contributed by atoms with Crippen molar-refractivity contribution in [2.45, 2.75) is 37.8 Å². The van der Waals surface area contributed by atoms with E-state index in [4.69, 9.17) is 4.74 Å². The number of hydrogen-bond donors (Lipinski definition) is 1. The van der Waals surface area contributed by atoms with Crippen molar-refractivity contribution < 1.29 is 9.53 Å². The molecule has 2 aliphatic rings. The topological polar surface area (TPSA) is 51.2 Å². The average Bonchev–Trinajstić information content (AvgIpc) is 3.12. The summed E-state index contributed by atoms with van der Waals surface area (Å²) in [5.41, 5.74) is 3.77. The van der Waals surface area contributed by atoms with Crippen LogP contribution in [-0.2, 0) is 22.4 Å². The second-order valence-corrected chi connectivity index (χ2v) is 6.69. The average molecular weight is 322 g/mol. The van der Waals surface area contributed by atoms with Crippen LogP contribution < -0.4 is 5.32 Å². The van der Waals surface area contributed by atoms with Crippen molar-refractivity contribution in [2.24, 2.45) is 5.92 Å². The molecule has 1 saturated heterocycles. The number of pyridine rings is 1. The van der Waals surface area contributed by atoms with E-state index in [1.165, 1.54) is 11.1 Å². The number of aryl methyl sites for hydroxylation is 1. The van der Waals surface area contributed by atoms with Gasteiger partial charge in [-0.2, -0.15) is 0 Å². The van der Waals surface area contributed by atoms with Crippen molar-refractivity contribution in [1.82, 2.24) is 10.3 Å². The zero-order valence-corrected chi connectivity index (χ0v) is 13.7. The second-order valence-electron chi connectivity index (χ2n) is 6.69. The molecule has 0 radical (unpaired) electrons. The summed E-state index contributed by atoms with van der Waals surface area (Å²) in [7, 11) is 0. The minimum absolute atomic E-state index is 0.116. The Morgan fingerprint density at radius 3 is 2.83 bits per heavy atom. The summed E-state index contributed by atoms with van der Waals surface area (Å²) in [6, 6.07) is 12.6. The van der Waals surface area contributed by atoms with Crippen molar-refractivity contribution in [2.75, 3.05) is 6.61 Å².